The van der Waals surface area contributed by atoms with Gasteiger partial charge in [-0.3, -0.25) is 0 Å². The molecule has 4 fully saturated rings. The van der Waals surface area contributed by atoms with Gasteiger partial charge in [-0.25, -0.2) is 0 Å². The van der Waals surface area contributed by atoms with E-state index in [1.807, 2.05) is 0 Å². The third-order valence-electron chi connectivity index (χ3n) is 7.15. The fourth-order valence-corrected chi connectivity index (χ4v) is 6.33. The fraction of sp³-hybridized carbons (Fsp3) is 0.783. The SMILES string of the molecule is CCOCCN(CCOCC)c1cc[n+](C23CC4CC(CC(C4)C2)C3)cc1. The zero-order chi connectivity index (χ0) is 18.7. The van der Waals surface area contributed by atoms with Crippen molar-refractivity contribution in [2.45, 2.75) is 57.9 Å². The maximum absolute atomic E-state index is 5.59. The van der Waals surface area contributed by atoms with Crippen molar-refractivity contribution < 1.29 is 14.0 Å². The van der Waals surface area contributed by atoms with Gasteiger partial charge in [0.1, 0.15) is 0 Å². The van der Waals surface area contributed by atoms with Crippen molar-refractivity contribution in [2.24, 2.45) is 17.8 Å². The number of ether oxygens (including phenoxy) is 2. The Labute approximate surface area is 164 Å². The molecule has 4 aliphatic rings. The lowest BCUT2D eigenvalue weighted by molar-refractivity contribution is -0.776. The molecule has 4 saturated carbocycles. The lowest BCUT2D eigenvalue weighted by atomic mass is 9.53. The summed E-state index contributed by atoms with van der Waals surface area (Å²) >= 11 is 0. The average Bonchev–Trinajstić information content (AvgIpc) is 2.66. The quantitative estimate of drug-likeness (QED) is 0.461. The van der Waals surface area contributed by atoms with Gasteiger partial charge in [0.2, 0.25) is 0 Å². The van der Waals surface area contributed by atoms with Crippen molar-refractivity contribution in [1.82, 2.24) is 0 Å². The second kappa shape index (κ2) is 8.48. The lowest BCUT2D eigenvalue weighted by Crippen LogP contribution is -2.64. The highest BCUT2D eigenvalue weighted by Crippen LogP contribution is 2.56. The summed E-state index contributed by atoms with van der Waals surface area (Å²) in [7, 11) is 0. The minimum absolute atomic E-state index is 0.411. The molecular weight excluding hydrogens is 336 g/mol. The summed E-state index contributed by atoms with van der Waals surface area (Å²) < 4.78 is 13.8. The van der Waals surface area contributed by atoms with Crippen LogP contribution in [0.1, 0.15) is 52.4 Å². The molecule has 0 radical (unpaired) electrons. The second-order valence-electron chi connectivity index (χ2n) is 8.99. The number of pyridine rings is 1. The molecule has 27 heavy (non-hydrogen) atoms. The Hall–Kier alpha value is -1.13. The molecule has 0 unspecified atom stereocenters. The Morgan fingerprint density at radius 2 is 1.37 bits per heavy atom. The van der Waals surface area contributed by atoms with E-state index in [0.29, 0.717) is 5.54 Å². The molecule has 0 saturated heterocycles. The van der Waals surface area contributed by atoms with E-state index in [4.69, 9.17) is 9.47 Å². The van der Waals surface area contributed by atoms with Crippen LogP contribution in [0.2, 0.25) is 0 Å². The summed E-state index contributed by atoms with van der Waals surface area (Å²) in [4.78, 5) is 2.40. The van der Waals surface area contributed by atoms with Crippen molar-refractivity contribution >= 4 is 5.69 Å². The highest BCUT2D eigenvalue weighted by Gasteiger charge is 2.56. The number of anilines is 1. The molecule has 0 N–H and O–H groups in total. The molecule has 1 heterocycles. The molecule has 0 spiro atoms. The van der Waals surface area contributed by atoms with Crippen molar-refractivity contribution in [3.63, 3.8) is 0 Å². The van der Waals surface area contributed by atoms with Crippen LogP contribution in [0.5, 0.6) is 0 Å². The molecule has 5 rings (SSSR count). The number of rotatable bonds is 10. The van der Waals surface area contributed by atoms with Crippen molar-refractivity contribution in [1.29, 1.82) is 0 Å². The smallest absolute Gasteiger partial charge is 0.171 e. The van der Waals surface area contributed by atoms with Gasteiger partial charge in [0.15, 0.2) is 17.9 Å². The van der Waals surface area contributed by atoms with Crippen LogP contribution in [-0.2, 0) is 15.0 Å². The topological polar surface area (TPSA) is 25.6 Å². The van der Waals surface area contributed by atoms with Gasteiger partial charge in [0, 0.05) is 63.4 Å². The van der Waals surface area contributed by atoms with Crippen LogP contribution in [0.25, 0.3) is 0 Å². The fourth-order valence-electron chi connectivity index (χ4n) is 6.33. The Morgan fingerprint density at radius 1 is 0.889 bits per heavy atom. The Balaban J connectivity index is 1.46. The molecule has 4 aliphatic carbocycles. The summed E-state index contributed by atoms with van der Waals surface area (Å²) in [5, 5.41) is 0. The molecule has 0 atom stereocenters. The highest BCUT2D eigenvalue weighted by atomic mass is 16.5. The first-order valence-electron chi connectivity index (χ1n) is 11.1. The van der Waals surface area contributed by atoms with Gasteiger partial charge >= 0.3 is 0 Å². The average molecular weight is 374 g/mol. The van der Waals surface area contributed by atoms with Crippen LogP contribution in [-0.4, -0.2) is 39.5 Å². The van der Waals surface area contributed by atoms with Crippen molar-refractivity contribution in [2.75, 3.05) is 44.4 Å². The third kappa shape index (κ3) is 4.17. The largest absolute Gasteiger partial charge is 0.380 e. The van der Waals surface area contributed by atoms with E-state index in [1.54, 1.807) is 0 Å². The van der Waals surface area contributed by atoms with E-state index in [2.05, 4.69) is 47.8 Å². The van der Waals surface area contributed by atoms with Gasteiger partial charge in [-0.1, -0.05) is 0 Å². The first-order valence-corrected chi connectivity index (χ1v) is 11.1. The van der Waals surface area contributed by atoms with Gasteiger partial charge in [-0.05, 0) is 50.9 Å². The molecular formula is C23H37N2O2+. The van der Waals surface area contributed by atoms with Crippen LogP contribution in [0.3, 0.4) is 0 Å². The Kier molecular flexibility index (Phi) is 6.03. The molecule has 1 aromatic rings. The Morgan fingerprint density at radius 3 is 1.81 bits per heavy atom. The Bertz CT molecular complexity index is 556. The van der Waals surface area contributed by atoms with E-state index < -0.39 is 0 Å². The normalized spacial score (nSPS) is 31.4. The second-order valence-corrected chi connectivity index (χ2v) is 8.99. The minimum atomic E-state index is 0.411. The molecule has 0 aliphatic heterocycles. The third-order valence-corrected chi connectivity index (χ3v) is 7.15. The van der Waals surface area contributed by atoms with Crippen LogP contribution < -0.4 is 9.47 Å². The summed E-state index contributed by atoms with van der Waals surface area (Å²) in [6.07, 6.45) is 13.4. The lowest BCUT2D eigenvalue weighted by Gasteiger charge is -2.53. The first kappa shape index (κ1) is 19.2. The highest BCUT2D eigenvalue weighted by molar-refractivity contribution is 5.43. The van der Waals surface area contributed by atoms with Gasteiger partial charge < -0.3 is 14.4 Å². The number of hydrogen-bond acceptors (Lipinski definition) is 3. The van der Waals surface area contributed by atoms with Gasteiger partial charge in [0.05, 0.1) is 13.2 Å². The monoisotopic (exact) mass is 373 g/mol. The first-order chi connectivity index (χ1) is 13.2. The molecule has 0 amide bonds. The number of nitrogens with zero attached hydrogens (tertiary/aromatic N) is 2. The van der Waals surface area contributed by atoms with Crippen LogP contribution in [0.15, 0.2) is 24.5 Å². The molecule has 1 aromatic heterocycles. The van der Waals surface area contributed by atoms with Gasteiger partial charge in [0.25, 0.3) is 0 Å². The van der Waals surface area contributed by atoms with E-state index in [0.717, 1.165) is 57.3 Å². The van der Waals surface area contributed by atoms with E-state index >= 15 is 0 Å². The summed E-state index contributed by atoms with van der Waals surface area (Å²) in [6, 6.07) is 4.63. The van der Waals surface area contributed by atoms with E-state index in [1.165, 1.54) is 44.2 Å². The standard InChI is InChI=1S/C23H37N2O2/c1-3-26-11-9-24(10-12-27-4-2)22-5-7-25(8-6-22)23-16-19-13-20(17-23)15-21(14-19)18-23/h5-8,19-21H,3-4,9-18H2,1-2H3/q+1. The molecule has 4 heteroatoms. The molecule has 150 valence electrons. The predicted octanol–water partition coefficient (Wildman–Crippen LogP) is 3.78. The van der Waals surface area contributed by atoms with Gasteiger partial charge in [-0.15, -0.1) is 0 Å². The van der Waals surface area contributed by atoms with Crippen LogP contribution in [0, 0.1) is 17.8 Å². The zero-order valence-corrected chi connectivity index (χ0v) is 17.2. The predicted molar refractivity (Wildman–Crippen MR) is 108 cm³/mol. The van der Waals surface area contributed by atoms with Crippen molar-refractivity contribution in [3.8, 4) is 0 Å². The minimum Gasteiger partial charge on any atom is -0.380 e. The molecule has 4 bridgehead atoms. The molecule has 4 nitrogen and oxygen atoms in total. The number of hydrogen-bond donors (Lipinski definition) is 0. The van der Waals surface area contributed by atoms with Gasteiger partial charge in [-0.2, -0.15) is 4.57 Å². The molecule has 0 aromatic carbocycles. The van der Waals surface area contributed by atoms with E-state index in [-0.39, 0.29) is 0 Å². The maximum Gasteiger partial charge on any atom is 0.171 e. The summed E-state index contributed by atoms with van der Waals surface area (Å²) in [5.74, 6) is 2.95. The summed E-state index contributed by atoms with van der Waals surface area (Å²) in [6.45, 7) is 9.05. The number of aromatic nitrogens is 1. The van der Waals surface area contributed by atoms with Crippen LogP contribution in [0.4, 0.5) is 5.69 Å². The summed E-state index contributed by atoms with van der Waals surface area (Å²) in [5.41, 5.74) is 1.70. The maximum atomic E-state index is 5.59. The van der Waals surface area contributed by atoms with E-state index in [9.17, 15) is 0 Å². The van der Waals surface area contributed by atoms with Crippen molar-refractivity contribution in [3.05, 3.63) is 24.5 Å². The zero-order valence-electron chi connectivity index (χ0n) is 17.2. The van der Waals surface area contributed by atoms with Crippen LogP contribution >= 0.6 is 0 Å².